The Labute approximate surface area is 76.6 Å². The third kappa shape index (κ3) is 1.06. The molecule has 2 aromatic rings. The van der Waals surface area contributed by atoms with Crippen LogP contribution in [0.2, 0.25) is 0 Å². The maximum absolute atomic E-state index is 8.57. The third-order valence-electron chi connectivity index (χ3n) is 1.42. The number of aromatic nitrogens is 3. The molecule has 0 atom stereocenters. The lowest BCUT2D eigenvalue weighted by molar-refractivity contribution is 0.931. The van der Waals surface area contributed by atoms with Crippen molar-refractivity contribution >= 4 is 21.6 Å². The molecule has 58 valence electrons. The van der Waals surface area contributed by atoms with E-state index in [4.69, 9.17) is 5.26 Å². The Kier molecular flexibility index (Phi) is 1.55. The van der Waals surface area contributed by atoms with Crippen LogP contribution in [0.1, 0.15) is 5.56 Å². The minimum absolute atomic E-state index is 0.514. The molecule has 0 radical (unpaired) electrons. The number of hydrogen-bond acceptors (Lipinski definition) is 3. The van der Waals surface area contributed by atoms with E-state index in [-0.39, 0.29) is 0 Å². The second-order valence-electron chi connectivity index (χ2n) is 2.22. The second-order valence-corrected chi connectivity index (χ2v) is 3.03. The fourth-order valence-electron chi connectivity index (χ4n) is 0.909. The van der Waals surface area contributed by atoms with Crippen molar-refractivity contribution in [3.05, 3.63) is 28.6 Å². The summed E-state index contributed by atoms with van der Waals surface area (Å²) >= 11 is 3.22. The van der Waals surface area contributed by atoms with Crippen LogP contribution in [0.15, 0.2) is 23.1 Å². The average Bonchev–Trinajstić information content (AvgIpc) is 2.43. The molecule has 0 aliphatic heterocycles. The van der Waals surface area contributed by atoms with Crippen LogP contribution in [0.4, 0.5) is 0 Å². The molecule has 2 aromatic heterocycles. The molecule has 0 aliphatic rings. The van der Waals surface area contributed by atoms with Gasteiger partial charge in [-0.3, -0.25) is 0 Å². The van der Waals surface area contributed by atoms with E-state index in [1.54, 1.807) is 16.8 Å². The van der Waals surface area contributed by atoms with Gasteiger partial charge in [-0.25, -0.2) is 9.50 Å². The molecule has 0 spiro atoms. The SMILES string of the molecule is N#Cc1cnn2cc(Br)nc2c1. The Morgan fingerprint density at radius 1 is 1.58 bits per heavy atom. The van der Waals surface area contributed by atoms with Crippen molar-refractivity contribution in [2.24, 2.45) is 0 Å². The maximum Gasteiger partial charge on any atom is 0.156 e. The van der Waals surface area contributed by atoms with Gasteiger partial charge >= 0.3 is 0 Å². The van der Waals surface area contributed by atoms with Crippen molar-refractivity contribution in [2.45, 2.75) is 0 Å². The zero-order valence-corrected chi connectivity index (χ0v) is 7.48. The summed E-state index contributed by atoms with van der Waals surface area (Å²) in [5.41, 5.74) is 1.18. The highest BCUT2D eigenvalue weighted by molar-refractivity contribution is 9.10. The van der Waals surface area contributed by atoms with E-state index >= 15 is 0 Å². The highest BCUT2D eigenvalue weighted by Crippen LogP contribution is 2.09. The maximum atomic E-state index is 8.57. The van der Waals surface area contributed by atoms with Gasteiger partial charge in [-0.1, -0.05) is 0 Å². The largest absolute Gasteiger partial charge is 0.220 e. The Morgan fingerprint density at radius 2 is 2.42 bits per heavy atom. The summed E-state index contributed by atoms with van der Waals surface area (Å²) in [6, 6.07) is 3.68. The Hall–Kier alpha value is -1.41. The molecule has 0 fully saturated rings. The van der Waals surface area contributed by atoms with Gasteiger partial charge in [-0.05, 0) is 15.9 Å². The summed E-state index contributed by atoms with van der Waals surface area (Å²) < 4.78 is 2.32. The lowest BCUT2D eigenvalue weighted by Gasteiger charge is -1.89. The topological polar surface area (TPSA) is 54.0 Å². The number of nitrogens with zero attached hydrogens (tertiary/aromatic N) is 4. The number of imidazole rings is 1. The van der Waals surface area contributed by atoms with Gasteiger partial charge in [0.2, 0.25) is 0 Å². The molecule has 0 unspecified atom stereocenters. The Morgan fingerprint density at radius 3 is 3.17 bits per heavy atom. The molecule has 4 nitrogen and oxygen atoms in total. The van der Waals surface area contributed by atoms with Gasteiger partial charge < -0.3 is 0 Å². The van der Waals surface area contributed by atoms with E-state index < -0.39 is 0 Å². The minimum Gasteiger partial charge on any atom is -0.220 e. The Bertz CT molecular complexity index is 468. The zero-order valence-electron chi connectivity index (χ0n) is 5.90. The first-order chi connectivity index (χ1) is 5.79. The van der Waals surface area contributed by atoms with E-state index in [0.717, 1.165) is 0 Å². The number of hydrogen-bond donors (Lipinski definition) is 0. The molecule has 0 saturated heterocycles. The van der Waals surface area contributed by atoms with Crippen molar-refractivity contribution in [3.63, 3.8) is 0 Å². The Balaban J connectivity index is 2.77. The molecular formula is C7H3BrN4. The molecule has 12 heavy (non-hydrogen) atoms. The lowest BCUT2D eigenvalue weighted by Crippen LogP contribution is -1.89. The van der Waals surface area contributed by atoms with Gasteiger partial charge in [-0.15, -0.1) is 0 Å². The number of halogens is 1. The molecule has 0 amide bonds. The van der Waals surface area contributed by atoms with Gasteiger partial charge in [0.05, 0.1) is 18.0 Å². The summed E-state index contributed by atoms with van der Waals surface area (Å²) in [4.78, 5) is 4.09. The average molecular weight is 223 g/mol. The molecule has 0 bridgehead atoms. The standard InChI is InChI=1S/C7H3BrN4/c8-6-4-12-7(11-6)1-5(2-9)3-10-12/h1,3-4H. The molecule has 2 heterocycles. The van der Waals surface area contributed by atoms with Crippen molar-refractivity contribution < 1.29 is 0 Å². The van der Waals surface area contributed by atoms with Crippen LogP contribution >= 0.6 is 15.9 Å². The van der Waals surface area contributed by atoms with E-state index in [9.17, 15) is 0 Å². The second kappa shape index (κ2) is 2.57. The van der Waals surface area contributed by atoms with E-state index in [1.165, 1.54) is 6.20 Å². The summed E-state index contributed by atoms with van der Waals surface area (Å²) in [6.45, 7) is 0. The van der Waals surface area contributed by atoms with Crippen LogP contribution in [-0.2, 0) is 0 Å². The van der Waals surface area contributed by atoms with Crippen molar-refractivity contribution in [3.8, 4) is 6.07 Å². The fourth-order valence-corrected chi connectivity index (χ4v) is 1.28. The number of nitriles is 1. The fraction of sp³-hybridized carbons (Fsp3) is 0. The zero-order chi connectivity index (χ0) is 8.55. The van der Waals surface area contributed by atoms with Crippen molar-refractivity contribution in [1.82, 2.24) is 14.6 Å². The molecule has 5 heteroatoms. The van der Waals surface area contributed by atoms with E-state index in [0.29, 0.717) is 15.8 Å². The quantitative estimate of drug-likeness (QED) is 0.677. The summed E-state index contributed by atoms with van der Waals surface area (Å²) in [7, 11) is 0. The van der Waals surface area contributed by atoms with E-state index in [2.05, 4.69) is 26.0 Å². The molecule has 2 rings (SSSR count). The van der Waals surface area contributed by atoms with Crippen LogP contribution in [0, 0.1) is 11.3 Å². The first-order valence-electron chi connectivity index (χ1n) is 3.20. The number of fused-ring (bicyclic) bond motifs is 1. The highest BCUT2D eigenvalue weighted by Gasteiger charge is 1.99. The monoisotopic (exact) mass is 222 g/mol. The third-order valence-corrected chi connectivity index (χ3v) is 1.80. The van der Waals surface area contributed by atoms with Crippen LogP contribution in [0.5, 0.6) is 0 Å². The molecule has 0 saturated carbocycles. The van der Waals surface area contributed by atoms with Gasteiger partial charge in [0.1, 0.15) is 10.7 Å². The van der Waals surface area contributed by atoms with Gasteiger partial charge in [0, 0.05) is 6.07 Å². The number of rotatable bonds is 0. The predicted octanol–water partition coefficient (Wildman–Crippen LogP) is 1.36. The highest BCUT2D eigenvalue weighted by atomic mass is 79.9. The smallest absolute Gasteiger partial charge is 0.156 e. The van der Waals surface area contributed by atoms with Gasteiger partial charge in [0.15, 0.2) is 5.65 Å². The molecule has 0 aliphatic carbocycles. The predicted molar refractivity (Wildman–Crippen MR) is 45.4 cm³/mol. The molecular weight excluding hydrogens is 220 g/mol. The summed E-state index contributed by atoms with van der Waals surface area (Å²) in [5, 5.41) is 12.5. The van der Waals surface area contributed by atoms with Crippen molar-refractivity contribution in [2.75, 3.05) is 0 Å². The summed E-state index contributed by atoms with van der Waals surface area (Å²) in [6.07, 6.45) is 3.23. The normalized spacial score (nSPS) is 10.0. The van der Waals surface area contributed by atoms with Crippen LogP contribution in [0.25, 0.3) is 5.65 Å². The van der Waals surface area contributed by atoms with Gasteiger partial charge in [0.25, 0.3) is 0 Å². The van der Waals surface area contributed by atoms with Gasteiger partial charge in [-0.2, -0.15) is 10.4 Å². The van der Waals surface area contributed by atoms with Crippen LogP contribution < -0.4 is 0 Å². The van der Waals surface area contributed by atoms with Crippen molar-refractivity contribution in [1.29, 1.82) is 5.26 Å². The first kappa shape index (κ1) is 7.25. The molecule has 0 N–H and O–H groups in total. The minimum atomic E-state index is 0.514. The van der Waals surface area contributed by atoms with Crippen LogP contribution in [-0.4, -0.2) is 14.6 Å². The lowest BCUT2D eigenvalue weighted by atomic mass is 10.3. The van der Waals surface area contributed by atoms with E-state index in [1.807, 2.05) is 6.07 Å². The first-order valence-corrected chi connectivity index (χ1v) is 4.00. The molecule has 0 aromatic carbocycles. The van der Waals surface area contributed by atoms with Crippen LogP contribution in [0.3, 0.4) is 0 Å². The summed E-state index contributed by atoms with van der Waals surface area (Å²) in [5.74, 6) is 0.